The molecule has 11 heavy (non-hydrogen) atoms. The summed E-state index contributed by atoms with van der Waals surface area (Å²) in [4.78, 5) is 10.6. The molecule has 0 rings (SSSR count). The average molecular weight is 158 g/mol. The van der Waals surface area contributed by atoms with E-state index in [9.17, 15) is 4.79 Å². The Morgan fingerprint density at radius 3 is 3.09 bits per heavy atom. The van der Waals surface area contributed by atoms with Crippen LogP contribution in [0, 0.1) is 0 Å². The van der Waals surface area contributed by atoms with Crippen molar-refractivity contribution in [1.82, 2.24) is 0 Å². The van der Waals surface area contributed by atoms with Gasteiger partial charge in [-0.25, -0.2) is 0 Å². The van der Waals surface area contributed by atoms with E-state index in [4.69, 9.17) is 7.48 Å². The van der Waals surface area contributed by atoms with E-state index in [1.165, 1.54) is 0 Å². The van der Waals surface area contributed by atoms with Crippen molar-refractivity contribution in [1.29, 1.82) is 0 Å². The highest BCUT2D eigenvalue weighted by Crippen LogP contribution is 1.90. The minimum Gasteiger partial charge on any atom is -0.465 e. The van der Waals surface area contributed by atoms with E-state index in [2.05, 4.69) is 0 Å². The van der Waals surface area contributed by atoms with Crippen molar-refractivity contribution < 1.29 is 12.3 Å². The Bertz CT molecular complexity index is 167. The van der Waals surface area contributed by atoms with Crippen molar-refractivity contribution in [2.45, 2.75) is 33.1 Å². The lowest BCUT2D eigenvalue weighted by Gasteiger charge is -1.98. The first-order valence-electron chi connectivity index (χ1n) is 4.97. The third kappa shape index (κ3) is 7.10. The smallest absolute Gasteiger partial charge is 0.305 e. The van der Waals surface area contributed by atoms with Gasteiger partial charge in [0.2, 0.25) is 0 Å². The van der Waals surface area contributed by atoms with E-state index in [1.54, 1.807) is 13.0 Å². The Hall–Kier alpha value is -0.790. The van der Waals surface area contributed by atoms with Gasteiger partial charge in [-0.2, -0.15) is 0 Å². The minimum atomic E-state index is -0.797. The average Bonchev–Trinajstić information content (AvgIpc) is 2.10. The number of carbonyl (C=O) groups is 1. The van der Waals surface area contributed by atoms with E-state index >= 15 is 0 Å². The molecule has 0 N–H and O–H groups in total. The first-order valence-corrected chi connectivity index (χ1v) is 3.82. The largest absolute Gasteiger partial charge is 0.465 e. The van der Waals surface area contributed by atoms with Crippen molar-refractivity contribution in [3.63, 3.8) is 0 Å². The van der Waals surface area contributed by atoms with Crippen LogP contribution < -0.4 is 0 Å². The van der Waals surface area contributed by atoms with Crippen molar-refractivity contribution >= 4 is 5.97 Å². The van der Waals surface area contributed by atoms with Crippen LogP contribution in [0.15, 0.2) is 12.2 Å². The highest BCUT2D eigenvalue weighted by atomic mass is 16.5. The predicted octanol–water partition coefficient (Wildman–Crippen LogP) is 2.30. The van der Waals surface area contributed by atoms with Crippen LogP contribution in [0.5, 0.6) is 0 Å². The number of hydrogen-bond donors (Lipinski definition) is 0. The molecule has 64 valence electrons. The van der Waals surface area contributed by atoms with Crippen LogP contribution in [-0.4, -0.2) is 12.6 Å². The molecule has 0 aromatic rings. The van der Waals surface area contributed by atoms with Gasteiger partial charge in [0.05, 0.1) is 6.61 Å². The van der Waals surface area contributed by atoms with Crippen LogP contribution in [0.2, 0.25) is 0 Å². The van der Waals surface area contributed by atoms with Crippen LogP contribution >= 0.6 is 0 Å². The normalized spacial score (nSPS) is 13.3. The summed E-state index contributed by atoms with van der Waals surface area (Å²) in [6.07, 6.45) is 5.11. The second-order valence-corrected chi connectivity index (χ2v) is 2.07. The number of rotatable bonds is 5. The Labute approximate surface area is 71.1 Å². The van der Waals surface area contributed by atoms with Gasteiger partial charge in [0.15, 0.2) is 0 Å². The monoisotopic (exact) mass is 158 g/mol. The van der Waals surface area contributed by atoms with E-state index in [-0.39, 0.29) is 5.97 Å². The molecule has 0 unspecified atom stereocenters. The fourth-order valence-electron chi connectivity index (χ4n) is 0.557. The Morgan fingerprint density at radius 2 is 2.45 bits per heavy atom. The number of carbonyl (C=O) groups excluding carboxylic acids is 1. The van der Waals surface area contributed by atoms with Crippen LogP contribution in [0.25, 0.3) is 0 Å². The van der Waals surface area contributed by atoms with Gasteiger partial charge in [-0.05, 0) is 12.8 Å². The van der Waals surface area contributed by atoms with Gasteiger partial charge < -0.3 is 4.74 Å². The second-order valence-electron chi connectivity index (χ2n) is 2.07. The zero-order valence-corrected chi connectivity index (χ0v) is 6.88. The predicted molar refractivity (Wildman–Crippen MR) is 45.3 cm³/mol. The van der Waals surface area contributed by atoms with Crippen LogP contribution in [0.3, 0.4) is 0 Å². The SMILES string of the molecule is [2H]C([2H])C/C=C\CCOC(=O)CC. The molecule has 0 aromatic heterocycles. The van der Waals surface area contributed by atoms with Gasteiger partial charge in [-0.1, -0.05) is 26.0 Å². The van der Waals surface area contributed by atoms with Crippen molar-refractivity contribution in [3.8, 4) is 0 Å². The van der Waals surface area contributed by atoms with Gasteiger partial charge in [0.1, 0.15) is 0 Å². The second kappa shape index (κ2) is 7.32. The molecule has 0 spiro atoms. The van der Waals surface area contributed by atoms with Crippen molar-refractivity contribution in [3.05, 3.63) is 12.2 Å². The molecule has 0 fully saturated rings. The maximum absolute atomic E-state index is 10.6. The number of esters is 1. The number of hydrogen-bond acceptors (Lipinski definition) is 2. The molecule has 0 bridgehead atoms. The molecule has 0 saturated heterocycles. The Kier molecular flexibility index (Phi) is 4.59. The molecule has 0 saturated carbocycles. The fraction of sp³-hybridized carbons (Fsp3) is 0.667. The van der Waals surface area contributed by atoms with Crippen LogP contribution in [-0.2, 0) is 9.53 Å². The summed E-state index contributed by atoms with van der Waals surface area (Å²) in [5, 5.41) is 0. The van der Waals surface area contributed by atoms with Gasteiger partial charge in [-0.15, -0.1) is 0 Å². The maximum Gasteiger partial charge on any atom is 0.305 e. The summed E-state index contributed by atoms with van der Waals surface area (Å²) in [7, 11) is 0. The van der Waals surface area contributed by atoms with E-state index < -0.39 is 6.88 Å². The molecular formula is C9H16O2. The zero-order chi connectivity index (χ0) is 10.1. The molecule has 0 heterocycles. The highest BCUT2D eigenvalue weighted by molar-refractivity contribution is 5.68. The van der Waals surface area contributed by atoms with Gasteiger partial charge in [0.25, 0.3) is 0 Å². The molecule has 2 nitrogen and oxygen atoms in total. The van der Waals surface area contributed by atoms with Crippen LogP contribution in [0.1, 0.15) is 35.8 Å². The van der Waals surface area contributed by atoms with Crippen molar-refractivity contribution in [2.75, 3.05) is 6.61 Å². The molecular weight excluding hydrogens is 140 g/mol. The summed E-state index contributed by atoms with van der Waals surface area (Å²) in [5.41, 5.74) is 0. The highest BCUT2D eigenvalue weighted by Gasteiger charge is 1.94. The third-order valence-electron chi connectivity index (χ3n) is 1.14. The summed E-state index contributed by atoms with van der Waals surface area (Å²) >= 11 is 0. The molecule has 0 aromatic carbocycles. The lowest BCUT2D eigenvalue weighted by Crippen LogP contribution is -2.02. The molecule has 0 aliphatic rings. The lowest BCUT2D eigenvalue weighted by molar-refractivity contribution is -0.143. The molecule has 0 amide bonds. The lowest BCUT2D eigenvalue weighted by atomic mass is 10.3. The van der Waals surface area contributed by atoms with E-state index in [0.717, 1.165) is 0 Å². The van der Waals surface area contributed by atoms with E-state index in [0.29, 0.717) is 25.9 Å². The topological polar surface area (TPSA) is 26.3 Å². The fourth-order valence-corrected chi connectivity index (χ4v) is 0.557. The van der Waals surface area contributed by atoms with Crippen molar-refractivity contribution in [2.24, 2.45) is 0 Å². The number of ether oxygens (including phenoxy) is 1. The molecule has 0 radical (unpaired) electrons. The number of allylic oxidation sites excluding steroid dienone is 1. The standard InChI is InChI=1S/C9H16O2/c1-3-5-6-7-8-11-9(10)4-2/h5-6H,3-4,7-8H2,1-2H3/b6-5-/i1D2. The third-order valence-corrected chi connectivity index (χ3v) is 1.14. The summed E-state index contributed by atoms with van der Waals surface area (Å²) in [6.45, 7) is 1.35. The molecule has 0 aliphatic heterocycles. The van der Waals surface area contributed by atoms with Gasteiger partial charge in [-0.3, -0.25) is 4.79 Å². The van der Waals surface area contributed by atoms with Gasteiger partial charge in [0, 0.05) is 9.16 Å². The Balaban J connectivity index is 3.25. The van der Waals surface area contributed by atoms with Gasteiger partial charge >= 0.3 is 5.97 Å². The summed E-state index contributed by atoms with van der Waals surface area (Å²) in [5.74, 6) is -0.188. The summed E-state index contributed by atoms with van der Waals surface area (Å²) < 4.78 is 18.6. The maximum atomic E-state index is 10.6. The summed E-state index contributed by atoms with van der Waals surface area (Å²) in [6, 6.07) is 0. The minimum absolute atomic E-state index is 0.188. The molecule has 2 heteroatoms. The Morgan fingerprint density at radius 1 is 1.64 bits per heavy atom. The quantitative estimate of drug-likeness (QED) is 0.348. The molecule has 0 aliphatic carbocycles. The zero-order valence-electron chi connectivity index (χ0n) is 8.88. The molecule has 0 atom stereocenters. The first kappa shape index (κ1) is 6.89. The van der Waals surface area contributed by atoms with E-state index in [1.807, 2.05) is 6.08 Å². The first-order chi connectivity index (χ1) is 6.16. The van der Waals surface area contributed by atoms with Crippen LogP contribution in [0.4, 0.5) is 0 Å².